The normalized spacial score (nSPS) is 11.8. The van der Waals surface area contributed by atoms with Gasteiger partial charge in [-0.25, -0.2) is 9.78 Å². The number of rotatable bonds is 11. The largest absolute Gasteiger partial charge is 0.480 e. The number of hydrogen-bond acceptors (Lipinski definition) is 5. The summed E-state index contributed by atoms with van der Waals surface area (Å²) < 4.78 is 5.73. The van der Waals surface area contributed by atoms with Crippen molar-refractivity contribution in [1.29, 1.82) is 0 Å². The SMILES string of the molecule is CSCCC(NC(=O)c1ccc(COCc2c[nH]cn2)cc1-c1ccccc1)C(=O)O. The van der Waals surface area contributed by atoms with Crippen molar-refractivity contribution in [3.05, 3.63) is 77.9 Å². The van der Waals surface area contributed by atoms with E-state index in [1.807, 2.05) is 48.7 Å². The van der Waals surface area contributed by atoms with Gasteiger partial charge in [-0.3, -0.25) is 4.79 Å². The van der Waals surface area contributed by atoms with Gasteiger partial charge in [0, 0.05) is 11.8 Å². The van der Waals surface area contributed by atoms with E-state index in [9.17, 15) is 14.7 Å². The minimum atomic E-state index is -1.04. The number of imidazole rings is 1. The van der Waals surface area contributed by atoms with Gasteiger partial charge in [0.05, 0.1) is 25.2 Å². The molecule has 0 bridgehead atoms. The first kappa shape index (κ1) is 22.6. The van der Waals surface area contributed by atoms with E-state index in [1.54, 1.807) is 30.4 Å². The number of nitrogens with one attached hydrogen (secondary N) is 2. The van der Waals surface area contributed by atoms with Crippen molar-refractivity contribution in [3.8, 4) is 11.1 Å². The van der Waals surface area contributed by atoms with Gasteiger partial charge >= 0.3 is 5.97 Å². The number of carbonyl (C=O) groups is 2. The highest BCUT2D eigenvalue weighted by Gasteiger charge is 2.22. The molecule has 1 aromatic heterocycles. The van der Waals surface area contributed by atoms with Crippen LogP contribution in [-0.2, 0) is 22.7 Å². The van der Waals surface area contributed by atoms with E-state index in [0.29, 0.717) is 31.0 Å². The second-order valence-corrected chi connectivity index (χ2v) is 7.93. The van der Waals surface area contributed by atoms with Crippen molar-refractivity contribution < 1.29 is 19.4 Å². The van der Waals surface area contributed by atoms with E-state index < -0.39 is 17.9 Å². The lowest BCUT2D eigenvalue weighted by Gasteiger charge is -2.17. The van der Waals surface area contributed by atoms with E-state index in [0.717, 1.165) is 22.4 Å². The third-order valence-corrected chi connectivity index (χ3v) is 5.34. The van der Waals surface area contributed by atoms with Gasteiger partial charge in [0.1, 0.15) is 6.04 Å². The number of hydrogen-bond donors (Lipinski definition) is 3. The predicted octanol–water partition coefficient (Wildman–Crippen LogP) is 3.73. The number of carboxylic acid groups (broad SMARTS) is 1. The van der Waals surface area contributed by atoms with Gasteiger partial charge in [0.25, 0.3) is 5.91 Å². The number of aromatic amines is 1. The van der Waals surface area contributed by atoms with Crippen molar-refractivity contribution in [3.63, 3.8) is 0 Å². The van der Waals surface area contributed by atoms with Gasteiger partial charge in [0.2, 0.25) is 0 Å². The van der Waals surface area contributed by atoms with Gasteiger partial charge in [0.15, 0.2) is 0 Å². The van der Waals surface area contributed by atoms with Crippen LogP contribution < -0.4 is 5.32 Å². The Labute approximate surface area is 185 Å². The number of benzene rings is 2. The van der Waals surface area contributed by atoms with Crippen LogP contribution in [0.25, 0.3) is 11.1 Å². The Hall–Kier alpha value is -3.10. The molecule has 0 aliphatic rings. The summed E-state index contributed by atoms with van der Waals surface area (Å²) in [6.07, 6.45) is 5.64. The summed E-state index contributed by atoms with van der Waals surface area (Å²) in [5, 5.41) is 12.1. The fourth-order valence-corrected chi connectivity index (χ4v) is 3.58. The molecule has 3 rings (SSSR count). The molecule has 0 fully saturated rings. The lowest BCUT2D eigenvalue weighted by Crippen LogP contribution is -2.41. The van der Waals surface area contributed by atoms with Crippen LogP contribution >= 0.6 is 11.8 Å². The smallest absolute Gasteiger partial charge is 0.326 e. The first-order valence-corrected chi connectivity index (χ1v) is 11.2. The molecule has 162 valence electrons. The number of aromatic nitrogens is 2. The third-order valence-electron chi connectivity index (χ3n) is 4.70. The van der Waals surface area contributed by atoms with Gasteiger partial charge < -0.3 is 20.1 Å². The summed E-state index contributed by atoms with van der Waals surface area (Å²) in [6, 6.07) is 14.1. The van der Waals surface area contributed by atoms with Crippen LogP contribution in [0, 0.1) is 0 Å². The minimum Gasteiger partial charge on any atom is -0.480 e. The molecule has 0 saturated heterocycles. The number of carboxylic acids is 1. The molecular weight excluding hydrogens is 414 g/mol. The molecule has 31 heavy (non-hydrogen) atoms. The molecule has 0 saturated carbocycles. The Bertz CT molecular complexity index is 993. The fourth-order valence-electron chi connectivity index (χ4n) is 3.11. The summed E-state index contributed by atoms with van der Waals surface area (Å²) in [4.78, 5) is 31.5. The third kappa shape index (κ3) is 6.44. The highest BCUT2D eigenvalue weighted by atomic mass is 32.2. The van der Waals surface area contributed by atoms with Crippen molar-refractivity contribution in [2.24, 2.45) is 0 Å². The quantitative estimate of drug-likeness (QED) is 0.421. The van der Waals surface area contributed by atoms with Gasteiger partial charge in [-0.05, 0) is 47.3 Å². The second kappa shape index (κ2) is 11.3. The molecule has 3 aromatic rings. The molecule has 8 heteroatoms. The standard InChI is InChI=1S/C23H25N3O4S/c1-31-10-9-21(23(28)29)26-22(27)19-8-7-16(13-30-14-18-12-24-15-25-18)11-20(19)17-5-3-2-4-6-17/h2-8,11-12,15,21H,9-10,13-14H2,1H3,(H,24,25)(H,26,27)(H,28,29). The monoisotopic (exact) mass is 439 g/mol. The highest BCUT2D eigenvalue weighted by molar-refractivity contribution is 7.98. The van der Waals surface area contributed by atoms with Crippen LogP contribution in [0.4, 0.5) is 0 Å². The lowest BCUT2D eigenvalue weighted by atomic mass is 9.96. The first-order valence-electron chi connectivity index (χ1n) is 9.85. The van der Waals surface area contributed by atoms with Gasteiger partial charge in [-0.1, -0.05) is 36.4 Å². The number of amides is 1. The van der Waals surface area contributed by atoms with E-state index in [2.05, 4.69) is 15.3 Å². The van der Waals surface area contributed by atoms with Crippen LogP contribution in [0.1, 0.15) is 28.0 Å². The van der Waals surface area contributed by atoms with Crippen LogP contribution in [0.3, 0.4) is 0 Å². The van der Waals surface area contributed by atoms with Crippen LogP contribution in [0.2, 0.25) is 0 Å². The molecule has 0 aliphatic heterocycles. The fraction of sp³-hybridized carbons (Fsp3) is 0.261. The number of H-pyrrole nitrogens is 1. The molecule has 1 unspecified atom stereocenters. The summed E-state index contributed by atoms with van der Waals surface area (Å²) >= 11 is 1.54. The van der Waals surface area contributed by atoms with E-state index in [1.165, 1.54) is 0 Å². The first-order chi connectivity index (χ1) is 15.1. The van der Waals surface area contributed by atoms with E-state index >= 15 is 0 Å². The Morgan fingerprint density at radius 3 is 2.68 bits per heavy atom. The zero-order valence-electron chi connectivity index (χ0n) is 17.2. The summed E-state index contributed by atoms with van der Waals surface area (Å²) in [5.41, 5.74) is 3.75. The van der Waals surface area contributed by atoms with Gasteiger partial charge in [-0.2, -0.15) is 11.8 Å². The molecule has 0 radical (unpaired) electrons. The number of carbonyl (C=O) groups excluding carboxylic acids is 1. The molecular formula is C23H25N3O4S. The maximum atomic E-state index is 13.0. The molecule has 3 N–H and O–H groups in total. The molecule has 0 aliphatic carbocycles. The molecule has 0 spiro atoms. The molecule has 7 nitrogen and oxygen atoms in total. The van der Waals surface area contributed by atoms with E-state index in [-0.39, 0.29) is 0 Å². The number of nitrogens with zero attached hydrogens (tertiary/aromatic N) is 1. The lowest BCUT2D eigenvalue weighted by molar-refractivity contribution is -0.139. The summed E-state index contributed by atoms with van der Waals surface area (Å²) in [6.45, 7) is 0.738. The maximum Gasteiger partial charge on any atom is 0.326 e. The average Bonchev–Trinajstić information content (AvgIpc) is 3.30. The summed E-state index contributed by atoms with van der Waals surface area (Å²) in [7, 11) is 0. The molecule has 1 heterocycles. The van der Waals surface area contributed by atoms with Crippen molar-refractivity contribution in [1.82, 2.24) is 15.3 Å². The maximum absolute atomic E-state index is 13.0. The zero-order chi connectivity index (χ0) is 22.1. The highest BCUT2D eigenvalue weighted by Crippen LogP contribution is 2.26. The Balaban J connectivity index is 1.81. The molecule has 1 amide bonds. The predicted molar refractivity (Wildman–Crippen MR) is 121 cm³/mol. The topological polar surface area (TPSA) is 104 Å². The number of thioether (sulfide) groups is 1. The van der Waals surface area contributed by atoms with Crippen molar-refractivity contribution in [2.75, 3.05) is 12.0 Å². The van der Waals surface area contributed by atoms with Crippen LogP contribution in [-0.4, -0.2) is 45.0 Å². The zero-order valence-corrected chi connectivity index (χ0v) is 18.0. The molecule has 2 aromatic carbocycles. The van der Waals surface area contributed by atoms with E-state index in [4.69, 9.17) is 4.74 Å². The molecule has 1 atom stereocenters. The minimum absolute atomic E-state index is 0.361. The summed E-state index contributed by atoms with van der Waals surface area (Å²) in [5.74, 6) is -0.793. The van der Waals surface area contributed by atoms with Gasteiger partial charge in [-0.15, -0.1) is 0 Å². The number of ether oxygens (including phenoxy) is 1. The van der Waals surface area contributed by atoms with Crippen LogP contribution in [0.15, 0.2) is 61.1 Å². The van der Waals surface area contributed by atoms with Crippen molar-refractivity contribution >= 4 is 23.6 Å². The average molecular weight is 440 g/mol. The number of aliphatic carboxylic acids is 1. The van der Waals surface area contributed by atoms with Crippen LogP contribution in [0.5, 0.6) is 0 Å². The Morgan fingerprint density at radius 1 is 1.19 bits per heavy atom. The van der Waals surface area contributed by atoms with Crippen molar-refractivity contribution in [2.45, 2.75) is 25.7 Å². The Kier molecular flexibility index (Phi) is 8.26. The second-order valence-electron chi connectivity index (χ2n) is 6.95. The Morgan fingerprint density at radius 2 is 2.00 bits per heavy atom.